The summed E-state index contributed by atoms with van der Waals surface area (Å²) in [4.78, 5) is 0. The van der Waals surface area contributed by atoms with E-state index in [9.17, 15) is 8.42 Å². The zero-order valence-corrected chi connectivity index (χ0v) is 9.13. The Hall–Kier alpha value is -1.07. The maximum Gasteiger partial charge on any atom is 0.159 e. The van der Waals surface area contributed by atoms with Gasteiger partial charge in [-0.15, -0.1) is 0 Å². The molecule has 0 spiro atoms. The van der Waals surface area contributed by atoms with E-state index in [0.717, 1.165) is 5.56 Å². The Kier molecular flexibility index (Phi) is 2.67. The molecule has 0 aliphatic carbocycles. The largest absolute Gasteiger partial charge is 0.399 e. The summed E-state index contributed by atoms with van der Waals surface area (Å²) in [6.45, 7) is 1.04. The van der Waals surface area contributed by atoms with Crippen LogP contribution in [0, 0.1) is 0 Å². The fraction of sp³-hybridized carbons (Fsp3) is 0.400. The second-order valence-corrected chi connectivity index (χ2v) is 6.03. The van der Waals surface area contributed by atoms with E-state index in [1.165, 1.54) is 0 Å². The van der Waals surface area contributed by atoms with Crippen LogP contribution in [0.1, 0.15) is 10.8 Å². The molecule has 4 nitrogen and oxygen atoms in total. The lowest BCUT2D eigenvalue weighted by Crippen LogP contribution is -2.38. The molecule has 0 aromatic heterocycles. The van der Waals surface area contributed by atoms with E-state index in [1.54, 1.807) is 24.3 Å². The van der Waals surface area contributed by atoms with Crippen LogP contribution in [0.25, 0.3) is 0 Å². The molecule has 0 radical (unpaired) electrons. The summed E-state index contributed by atoms with van der Waals surface area (Å²) >= 11 is 0. The predicted molar refractivity (Wildman–Crippen MR) is 60.3 cm³/mol. The maximum atomic E-state index is 11.8. The van der Waals surface area contributed by atoms with E-state index in [4.69, 9.17) is 5.73 Å². The van der Waals surface area contributed by atoms with Crippen LogP contribution in [0.5, 0.6) is 0 Å². The van der Waals surface area contributed by atoms with E-state index >= 15 is 0 Å². The summed E-state index contributed by atoms with van der Waals surface area (Å²) in [5, 5.41) is 2.67. The fourth-order valence-electron chi connectivity index (χ4n) is 1.75. The molecule has 1 saturated heterocycles. The number of nitrogens with one attached hydrogen (secondary N) is 1. The number of anilines is 1. The van der Waals surface area contributed by atoms with Crippen LogP contribution in [-0.2, 0) is 9.84 Å². The molecule has 82 valence electrons. The standard InChI is InChI=1S/C10H14N2O2S/c11-9-3-1-8(2-4-9)10-7-12-5-6-15(10,13)14/h1-4,10,12H,5-7,11H2. The Balaban J connectivity index is 2.33. The van der Waals surface area contributed by atoms with Crippen molar-refractivity contribution in [3.8, 4) is 0 Å². The molecule has 0 bridgehead atoms. The molecular formula is C10H14N2O2S. The van der Waals surface area contributed by atoms with E-state index < -0.39 is 15.1 Å². The average molecular weight is 226 g/mol. The van der Waals surface area contributed by atoms with Gasteiger partial charge in [0.25, 0.3) is 0 Å². The third kappa shape index (κ3) is 2.13. The summed E-state index contributed by atoms with van der Waals surface area (Å²) in [6, 6.07) is 7.04. The molecule has 0 saturated carbocycles. The third-order valence-corrected chi connectivity index (χ3v) is 4.71. The highest BCUT2D eigenvalue weighted by Crippen LogP contribution is 2.25. The van der Waals surface area contributed by atoms with Gasteiger partial charge in [0.15, 0.2) is 9.84 Å². The fourth-order valence-corrected chi connectivity index (χ4v) is 3.41. The minimum atomic E-state index is -2.99. The summed E-state index contributed by atoms with van der Waals surface area (Å²) in [7, 11) is -2.99. The van der Waals surface area contributed by atoms with Gasteiger partial charge in [0, 0.05) is 18.8 Å². The molecule has 1 heterocycles. The number of nitrogens with two attached hydrogens (primary N) is 1. The summed E-state index contributed by atoms with van der Waals surface area (Å²) < 4.78 is 23.6. The number of hydrogen-bond donors (Lipinski definition) is 2. The van der Waals surface area contributed by atoms with Crippen molar-refractivity contribution in [1.29, 1.82) is 0 Å². The van der Waals surface area contributed by atoms with Crippen molar-refractivity contribution in [2.45, 2.75) is 5.25 Å². The van der Waals surface area contributed by atoms with Crippen LogP contribution in [0.15, 0.2) is 24.3 Å². The van der Waals surface area contributed by atoms with E-state index in [1.807, 2.05) is 0 Å². The van der Waals surface area contributed by atoms with Crippen LogP contribution < -0.4 is 11.1 Å². The van der Waals surface area contributed by atoms with Crippen molar-refractivity contribution in [2.75, 3.05) is 24.6 Å². The maximum absolute atomic E-state index is 11.8. The normalized spacial score (nSPS) is 24.9. The third-order valence-electron chi connectivity index (χ3n) is 2.63. The van der Waals surface area contributed by atoms with Gasteiger partial charge in [-0.3, -0.25) is 0 Å². The first kappa shape index (κ1) is 10.4. The number of rotatable bonds is 1. The van der Waals surface area contributed by atoms with Crippen LogP contribution in [-0.4, -0.2) is 27.3 Å². The summed E-state index contributed by atoms with van der Waals surface area (Å²) in [5.41, 5.74) is 7.03. The highest BCUT2D eigenvalue weighted by atomic mass is 32.2. The molecule has 1 aliphatic heterocycles. The quantitative estimate of drug-likeness (QED) is 0.677. The molecule has 3 N–H and O–H groups in total. The lowest BCUT2D eigenvalue weighted by Gasteiger charge is -2.23. The van der Waals surface area contributed by atoms with Gasteiger partial charge >= 0.3 is 0 Å². The smallest absolute Gasteiger partial charge is 0.159 e. The molecule has 1 aromatic carbocycles. The van der Waals surface area contributed by atoms with E-state index in [2.05, 4.69) is 5.32 Å². The average Bonchev–Trinajstić information content (AvgIpc) is 2.19. The molecule has 1 aromatic rings. The van der Waals surface area contributed by atoms with Crippen molar-refractivity contribution in [1.82, 2.24) is 5.32 Å². The molecule has 5 heteroatoms. The van der Waals surface area contributed by atoms with Gasteiger partial charge in [0.2, 0.25) is 0 Å². The Bertz CT molecular complexity index is 439. The second-order valence-electron chi connectivity index (χ2n) is 3.73. The first-order valence-electron chi connectivity index (χ1n) is 4.87. The Morgan fingerprint density at radius 3 is 2.53 bits per heavy atom. The Morgan fingerprint density at radius 2 is 1.93 bits per heavy atom. The monoisotopic (exact) mass is 226 g/mol. The molecule has 2 rings (SSSR count). The molecule has 1 aliphatic rings. The van der Waals surface area contributed by atoms with Crippen molar-refractivity contribution in [3.05, 3.63) is 29.8 Å². The highest BCUT2D eigenvalue weighted by molar-refractivity contribution is 7.91. The van der Waals surface area contributed by atoms with Crippen LogP contribution in [0.3, 0.4) is 0 Å². The lowest BCUT2D eigenvalue weighted by molar-refractivity contribution is 0.551. The molecular weight excluding hydrogens is 212 g/mol. The number of benzene rings is 1. The van der Waals surface area contributed by atoms with Crippen LogP contribution in [0.2, 0.25) is 0 Å². The second kappa shape index (κ2) is 3.83. The summed E-state index contributed by atoms with van der Waals surface area (Å²) in [5.74, 6) is 0.210. The van der Waals surface area contributed by atoms with Gasteiger partial charge in [0.1, 0.15) is 0 Å². The Morgan fingerprint density at radius 1 is 1.27 bits per heavy atom. The van der Waals surface area contributed by atoms with Crippen molar-refractivity contribution in [2.24, 2.45) is 0 Å². The number of hydrogen-bond acceptors (Lipinski definition) is 4. The van der Waals surface area contributed by atoms with Gasteiger partial charge in [0.05, 0.1) is 11.0 Å². The lowest BCUT2D eigenvalue weighted by atomic mass is 10.1. The van der Waals surface area contributed by atoms with Gasteiger partial charge in [-0.2, -0.15) is 0 Å². The molecule has 15 heavy (non-hydrogen) atoms. The minimum absolute atomic E-state index is 0.210. The zero-order chi connectivity index (χ0) is 10.9. The first-order valence-corrected chi connectivity index (χ1v) is 6.59. The highest BCUT2D eigenvalue weighted by Gasteiger charge is 2.29. The molecule has 1 unspecified atom stereocenters. The van der Waals surface area contributed by atoms with Crippen molar-refractivity contribution >= 4 is 15.5 Å². The molecule has 1 atom stereocenters. The van der Waals surface area contributed by atoms with Crippen LogP contribution in [0.4, 0.5) is 5.69 Å². The molecule has 0 amide bonds. The number of nitrogen functional groups attached to an aromatic ring is 1. The molecule has 1 fully saturated rings. The number of sulfone groups is 1. The minimum Gasteiger partial charge on any atom is -0.399 e. The zero-order valence-electron chi connectivity index (χ0n) is 8.31. The first-order chi connectivity index (χ1) is 7.09. The Labute approximate surface area is 89.4 Å². The topological polar surface area (TPSA) is 72.2 Å². The predicted octanol–water partition coefficient (Wildman–Crippen LogP) is 0.328. The van der Waals surface area contributed by atoms with Crippen LogP contribution >= 0.6 is 0 Å². The van der Waals surface area contributed by atoms with Gasteiger partial charge in [-0.25, -0.2) is 8.42 Å². The summed E-state index contributed by atoms with van der Waals surface area (Å²) in [6.07, 6.45) is 0. The van der Waals surface area contributed by atoms with Crippen molar-refractivity contribution in [3.63, 3.8) is 0 Å². The van der Waals surface area contributed by atoms with Gasteiger partial charge < -0.3 is 11.1 Å². The van der Waals surface area contributed by atoms with Crippen molar-refractivity contribution < 1.29 is 8.42 Å². The van der Waals surface area contributed by atoms with Gasteiger partial charge in [-0.1, -0.05) is 12.1 Å². The SMILES string of the molecule is Nc1ccc(C2CNCCS2(=O)=O)cc1. The van der Waals surface area contributed by atoms with Gasteiger partial charge in [-0.05, 0) is 17.7 Å². The van der Waals surface area contributed by atoms with E-state index in [0.29, 0.717) is 18.8 Å². The van der Waals surface area contributed by atoms with E-state index in [-0.39, 0.29) is 5.75 Å².